The quantitative estimate of drug-likeness (QED) is 0.209. The highest BCUT2D eigenvalue weighted by atomic mass is 19.1. The van der Waals surface area contributed by atoms with Crippen LogP contribution in [0.1, 0.15) is 103 Å². The molecule has 0 spiro atoms. The Hall–Kier alpha value is -2.04. The van der Waals surface area contributed by atoms with E-state index in [4.69, 9.17) is 4.74 Å². The average molecular weight is 461 g/mol. The Bertz CT molecular complexity index is 767. The van der Waals surface area contributed by atoms with Crippen molar-refractivity contribution in [3.8, 4) is 17.1 Å². The van der Waals surface area contributed by atoms with Crippen LogP contribution in [0.2, 0.25) is 0 Å². The third-order valence-electron chi connectivity index (χ3n) is 6.02. The number of benzene rings is 1. The van der Waals surface area contributed by atoms with Crippen molar-refractivity contribution >= 4 is 0 Å². The number of hydrogen-bond donors (Lipinski definition) is 0. The second-order valence-electron chi connectivity index (χ2n) is 9.02. The summed E-state index contributed by atoms with van der Waals surface area (Å²) in [6.45, 7) is 4.55. The molecule has 0 saturated heterocycles. The predicted octanol–water partition coefficient (Wildman–Crippen LogP) is 8.65. The fraction of sp³-hybridized carbons (Fsp3) is 0.643. The SMILES string of the molecule is CCCCCCCCCc1cnc(-c2ccc(OCCC(F)CCCCCC)c(F)c2)nc1. The summed E-state index contributed by atoms with van der Waals surface area (Å²) in [5, 5.41) is 0. The van der Waals surface area contributed by atoms with Crippen molar-refractivity contribution in [2.24, 2.45) is 0 Å². The van der Waals surface area contributed by atoms with Crippen LogP contribution in [-0.2, 0) is 6.42 Å². The lowest BCUT2D eigenvalue weighted by molar-refractivity contribution is 0.217. The van der Waals surface area contributed by atoms with Crippen LogP contribution in [-0.4, -0.2) is 22.7 Å². The molecule has 33 heavy (non-hydrogen) atoms. The van der Waals surface area contributed by atoms with E-state index in [1.54, 1.807) is 12.1 Å². The van der Waals surface area contributed by atoms with E-state index in [9.17, 15) is 8.78 Å². The Morgan fingerprint density at radius 3 is 2.12 bits per heavy atom. The molecule has 1 aromatic carbocycles. The van der Waals surface area contributed by atoms with Crippen molar-refractivity contribution < 1.29 is 13.5 Å². The van der Waals surface area contributed by atoms with E-state index in [1.807, 2.05) is 12.4 Å². The molecule has 3 nitrogen and oxygen atoms in total. The molecular weight excluding hydrogens is 418 g/mol. The Labute approximate surface area is 199 Å². The van der Waals surface area contributed by atoms with Crippen LogP contribution >= 0.6 is 0 Å². The number of nitrogens with zero attached hydrogens (tertiary/aromatic N) is 2. The first-order chi connectivity index (χ1) is 16.1. The molecule has 1 atom stereocenters. The summed E-state index contributed by atoms with van der Waals surface area (Å²) in [6, 6.07) is 4.72. The summed E-state index contributed by atoms with van der Waals surface area (Å²) in [6.07, 6.45) is 17.8. The van der Waals surface area contributed by atoms with Gasteiger partial charge < -0.3 is 4.74 Å². The molecule has 0 fully saturated rings. The molecule has 0 saturated carbocycles. The summed E-state index contributed by atoms with van der Waals surface area (Å²) < 4.78 is 33.9. The van der Waals surface area contributed by atoms with E-state index in [1.165, 1.54) is 44.6 Å². The summed E-state index contributed by atoms with van der Waals surface area (Å²) >= 11 is 0. The van der Waals surface area contributed by atoms with Gasteiger partial charge in [0.25, 0.3) is 0 Å². The Balaban J connectivity index is 1.73. The van der Waals surface area contributed by atoms with Crippen molar-refractivity contribution in [2.75, 3.05) is 6.61 Å². The molecule has 0 radical (unpaired) electrons. The number of aromatic nitrogens is 2. The second-order valence-corrected chi connectivity index (χ2v) is 9.02. The van der Waals surface area contributed by atoms with Crippen LogP contribution in [0, 0.1) is 5.82 Å². The van der Waals surface area contributed by atoms with E-state index in [-0.39, 0.29) is 18.8 Å². The third kappa shape index (κ3) is 11.1. The molecule has 1 aromatic heterocycles. The van der Waals surface area contributed by atoms with Crippen LogP contribution in [0.5, 0.6) is 5.75 Å². The smallest absolute Gasteiger partial charge is 0.165 e. The molecule has 1 heterocycles. The molecule has 1 unspecified atom stereocenters. The molecule has 0 aliphatic heterocycles. The standard InChI is InChI=1S/C28H42F2N2O/c1-3-5-7-9-10-11-12-14-23-21-31-28(32-22-23)24-16-17-27(26(30)20-24)33-19-18-25(29)15-13-8-6-4-2/h16-17,20-22,25H,3-15,18-19H2,1-2H3. The topological polar surface area (TPSA) is 35.0 Å². The predicted molar refractivity (Wildman–Crippen MR) is 133 cm³/mol. The fourth-order valence-electron chi connectivity index (χ4n) is 3.91. The summed E-state index contributed by atoms with van der Waals surface area (Å²) in [4.78, 5) is 8.84. The lowest BCUT2D eigenvalue weighted by Crippen LogP contribution is -2.08. The van der Waals surface area contributed by atoms with Gasteiger partial charge in [-0.1, -0.05) is 78.1 Å². The molecule has 0 amide bonds. The van der Waals surface area contributed by atoms with Crippen LogP contribution in [0.4, 0.5) is 8.78 Å². The normalized spacial score (nSPS) is 12.1. The van der Waals surface area contributed by atoms with Crippen LogP contribution in [0.15, 0.2) is 30.6 Å². The van der Waals surface area contributed by atoms with Gasteiger partial charge in [-0.15, -0.1) is 0 Å². The summed E-state index contributed by atoms with van der Waals surface area (Å²) in [7, 11) is 0. The number of alkyl halides is 1. The van der Waals surface area contributed by atoms with E-state index in [2.05, 4.69) is 23.8 Å². The summed E-state index contributed by atoms with van der Waals surface area (Å²) in [5.74, 6) is 0.175. The van der Waals surface area contributed by atoms with Gasteiger partial charge in [0.2, 0.25) is 0 Å². The van der Waals surface area contributed by atoms with Gasteiger partial charge >= 0.3 is 0 Å². The van der Waals surface area contributed by atoms with E-state index >= 15 is 0 Å². The van der Waals surface area contributed by atoms with Gasteiger partial charge in [0.15, 0.2) is 17.4 Å². The highest BCUT2D eigenvalue weighted by Gasteiger charge is 2.11. The van der Waals surface area contributed by atoms with E-state index < -0.39 is 12.0 Å². The first-order valence-corrected chi connectivity index (χ1v) is 13.0. The highest BCUT2D eigenvalue weighted by molar-refractivity contribution is 5.56. The molecule has 0 aliphatic rings. The minimum Gasteiger partial charge on any atom is -0.490 e. The zero-order valence-corrected chi connectivity index (χ0v) is 20.6. The van der Waals surface area contributed by atoms with Crippen molar-refractivity contribution in [3.63, 3.8) is 0 Å². The Morgan fingerprint density at radius 2 is 1.45 bits per heavy atom. The molecule has 0 N–H and O–H groups in total. The molecule has 0 bridgehead atoms. The number of unbranched alkanes of at least 4 members (excludes halogenated alkanes) is 9. The monoisotopic (exact) mass is 460 g/mol. The highest BCUT2D eigenvalue weighted by Crippen LogP contribution is 2.24. The number of ether oxygens (including phenoxy) is 1. The maximum Gasteiger partial charge on any atom is 0.165 e. The average Bonchev–Trinajstić information content (AvgIpc) is 2.83. The lowest BCUT2D eigenvalue weighted by atomic mass is 10.1. The van der Waals surface area contributed by atoms with Gasteiger partial charge in [-0.2, -0.15) is 0 Å². The lowest BCUT2D eigenvalue weighted by Gasteiger charge is -2.11. The van der Waals surface area contributed by atoms with Gasteiger partial charge in [0.1, 0.15) is 6.17 Å². The Kier molecular flexibility index (Phi) is 13.6. The number of halogens is 2. The minimum atomic E-state index is -0.892. The Morgan fingerprint density at radius 1 is 0.818 bits per heavy atom. The second kappa shape index (κ2) is 16.6. The number of rotatable bonds is 18. The summed E-state index contributed by atoms with van der Waals surface area (Å²) in [5.41, 5.74) is 1.73. The zero-order chi connectivity index (χ0) is 23.7. The molecule has 184 valence electrons. The molecule has 2 rings (SSSR count). The van der Waals surface area contributed by atoms with E-state index in [0.717, 1.165) is 44.1 Å². The number of aryl methyl sites for hydroxylation is 1. The van der Waals surface area contributed by atoms with Gasteiger partial charge in [-0.3, -0.25) is 0 Å². The molecule has 5 heteroatoms. The van der Waals surface area contributed by atoms with Crippen LogP contribution in [0.25, 0.3) is 11.4 Å². The van der Waals surface area contributed by atoms with Gasteiger partial charge in [-0.05, 0) is 43.0 Å². The maximum atomic E-state index is 14.5. The minimum absolute atomic E-state index is 0.146. The van der Waals surface area contributed by atoms with Crippen molar-refractivity contribution in [2.45, 2.75) is 110 Å². The van der Waals surface area contributed by atoms with E-state index in [0.29, 0.717) is 17.8 Å². The fourth-order valence-corrected chi connectivity index (χ4v) is 3.91. The van der Waals surface area contributed by atoms with Crippen LogP contribution in [0.3, 0.4) is 0 Å². The van der Waals surface area contributed by atoms with Gasteiger partial charge in [0, 0.05) is 24.4 Å². The first kappa shape index (κ1) is 27.2. The molecular formula is C28H42F2N2O. The largest absolute Gasteiger partial charge is 0.490 e. The first-order valence-electron chi connectivity index (χ1n) is 13.0. The molecule has 2 aromatic rings. The van der Waals surface area contributed by atoms with Gasteiger partial charge in [0.05, 0.1) is 6.61 Å². The zero-order valence-electron chi connectivity index (χ0n) is 20.6. The van der Waals surface area contributed by atoms with Crippen molar-refractivity contribution in [3.05, 3.63) is 42.0 Å². The van der Waals surface area contributed by atoms with Crippen LogP contribution < -0.4 is 4.74 Å². The maximum absolute atomic E-state index is 14.5. The van der Waals surface area contributed by atoms with Crippen molar-refractivity contribution in [1.29, 1.82) is 0 Å². The van der Waals surface area contributed by atoms with Crippen molar-refractivity contribution in [1.82, 2.24) is 9.97 Å². The third-order valence-corrected chi connectivity index (χ3v) is 6.02. The number of hydrogen-bond acceptors (Lipinski definition) is 3. The molecule has 0 aliphatic carbocycles. The van der Waals surface area contributed by atoms with Gasteiger partial charge in [-0.25, -0.2) is 18.7 Å².